The fourth-order valence-electron chi connectivity index (χ4n) is 1.91. The minimum absolute atomic E-state index is 0.519. The fraction of sp³-hybridized carbons (Fsp3) is 0.167. The Kier molecular flexibility index (Phi) is 4.22. The number of nitrogens with zero attached hydrogens (tertiary/aromatic N) is 1. The van der Waals surface area contributed by atoms with Gasteiger partial charge in [0, 0.05) is 30.8 Å². The summed E-state index contributed by atoms with van der Waals surface area (Å²) in [5, 5.41) is 8.02. The summed E-state index contributed by atoms with van der Waals surface area (Å²) in [7, 11) is 3.76. The van der Waals surface area contributed by atoms with Crippen molar-refractivity contribution in [1.29, 1.82) is 5.41 Å². The molecule has 0 saturated heterocycles. The van der Waals surface area contributed by atoms with E-state index in [4.69, 9.17) is 5.41 Å². The second-order valence-electron chi connectivity index (χ2n) is 4.89. The van der Waals surface area contributed by atoms with Crippen molar-refractivity contribution >= 4 is 5.84 Å². The molecule has 0 fully saturated rings. The predicted octanol–water partition coefficient (Wildman–Crippen LogP) is 3.28. The van der Waals surface area contributed by atoms with Gasteiger partial charge in [-0.3, -0.25) is 5.41 Å². The molecule has 2 aromatic carbocycles. The Balaban J connectivity index is 2.27. The van der Waals surface area contributed by atoms with Gasteiger partial charge in [-0.1, -0.05) is 30.0 Å². The lowest BCUT2D eigenvalue weighted by atomic mass is 10.0. The maximum absolute atomic E-state index is 8.02. The minimum atomic E-state index is 0.519. The van der Waals surface area contributed by atoms with Gasteiger partial charge < -0.3 is 4.90 Å². The highest BCUT2D eigenvalue weighted by Gasteiger charge is 2.06. The first-order valence-electron chi connectivity index (χ1n) is 6.52. The maximum atomic E-state index is 8.02. The van der Waals surface area contributed by atoms with Crippen LogP contribution in [-0.4, -0.2) is 24.8 Å². The van der Waals surface area contributed by atoms with Gasteiger partial charge in [0.05, 0.1) is 0 Å². The SMILES string of the molecule is Cc1cc(C#Cc2ccccc2)ccc1C(=N)N(C)C. The summed E-state index contributed by atoms with van der Waals surface area (Å²) in [6, 6.07) is 15.9. The maximum Gasteiger partial charge on any atom is 0.127 e. The minimum Gasteiger partial charge on any atom is -0.363 e. The summed E-state index contributed by atoms with van der Waals surface area (Å²) in [5.74, 6) is 6.83. The molecule has 0 atom stereocenters. The summed E-state index contributed by atoms with van der Waals surface area (Å²) < 4.78 is 0. The molecule has 2 aromatic rings. The molecule has 0 aliphatic rings. The van der Waals surface area contributed by atoms with Crippen molar-refractivity contribution in [3.63, 3.8) is 0 Å². The lowest BCUT2D eigenvalue weighted by Gasteiger charge is -2.15. The molecule has 0 aromatic heterocycles. The van der Waals surface area contributed by atoms with Gasteiger partial charge in [-0.15, -0.1) is 0 Å². The van der Waals surface area contributed by atoms with Gasteiger partial charge in [-0.25, -0.2) is 0 Å². The number of nitrogens with one attached hydrogen (secondary N) is 1. The van der Waals surface area contributed by atoms with E-state index in [0.717, 1.165) is 22.3 Å². The second kappa shape index (κ2) is 6.08. The number of benzene rings is 2. The van der Waals surface area contributed by atoms with Crippen molar-refractivity contribution in [2.45, 2.75) is 6.92 Å². The molecule has 100 valence electrons. The number of amidine groups is 1. The highest BCUT2D eigenvalue weighted by atomic mass is 15.1. The smallest absolute Gasteiger partial charge is 0.127 e. The summed E-state index contributed by atoms with van der Waals surface area (Å²) in [5.41, 5.74) is 4.00. The van der Waals surface area contributed by atoms with Crippen LogP contribution in [0, 0.1) is 24.2 Å². The van der Waals surface area contributed by atoms with Crippen LogP contribution < -0.4 is 0 Å². The quantitative estimate of drug-likeness (QED) is 0.476. The molecule has 0 unspecified atom stereocenters. The van der Waals surface area contributed by atoms with Gasteiger partial charge in [0.2, 0.25) is 0 Å². The van der Waals surface area contributed by atoms with E-state index >= 15 is 0 Å². The molecule has 2 heteroatoms. The largest absolute Gasteiger partial charge is 0.363 e. The molecule has 0 spiro atoms. The lowest BCUT2D eigenvalue weighted by Crippen LogP contribution is -2.22. The second-order valence-corrected chi connectivity index (χ2v) is 4.89. The molecule has 0 amide bonds. The molecule has 0 bridgehead atoms. The molecule has 2 rings (SSSR count). The number of hydrogen-bond acceptors (Lipinski definition) is 1. The first kappa shape index (κ1) is 13.9. The zero-order valence-electron chi connectivity index (χ0n) is 12.1. The van der Waals surface area contributed by atoms with Gasteiger partial charge in [-0.05, 0) is 42.8 Å². The van der Waals surface area contributed by atoms with Gasteiger partial charge in [0.15, 0.2) is 0 Å². The van der Waals surface area contributed by atoms with E-state index in [1.54, 1.807) is 4.90 Å². The molecular weight excluding hydrogens is 244 g/mol. The molecular formula is C18H18N2. The van der Waals surface area contributed by atoms with Crippen molar-refractivity contribution in [3.8, 4) is 11.8 Å². The van der Waals surface area contributed by atoms with E-state index in [0.29, 0.717) is 5.84 Å². The molecule has 0 aliphatic carbocycles. The monoisotopic (exact) mass is 262 g/mol. The molecule has 2 nitrogen and oxygen atoms in total. The van der Waals surface area contributed by atoms with Crippen molar-refractivity contribution in [3.05, 3.63) is 70.8 Å². The zero-order chi connectivity index (χ0) is 14.5. The lowest BCUT2D eigenvalue weighted by molar-refractivity contribution is 0.618. The van der Waals surface area contributed by atoms with Crippen LogP contribution in [0.4, 0.5) is 0 Å². The van der Waals surface area contributed by atoms with Crippen LogP contribution in [0.15, 0.2) is 48.5 Å². The predicted molar refractivity (Wildman–Crippen MR) is 84.1 cm³/mol. The molecule has 0 aliphatic heterocycles. The van der Waals surface area contributed by atoms with E-state index in [2.05, 4.69) is 11.8 Å². The Labute approximate surface area is 120 Å². The summed E-state index contributed by atoms with van der Waals surface area (Å²) >= 11 is 0. The average molecular weight is 262 g/mol. The van der Waals surface area contributed by atoms with E-state index in [1.165, 1.54) is 0 Å². The van der Waals surface area contributed by atoms with Crippen molar-refractivity contribution in [1.82, 2.24) is 4.90 Å². The van der Waals surface area contributed by atoms with Crippen molar-refractivity contribution in [2.75, 3.05) is 14.1 Å². The van der Waals surface area contributed by atoms with Crippen LogP contribution in [0.3, 0.4) is 0 Å². The van der Waals surface area contributed by atoms with E-state index in [1.807, 2.05) is 69.6 Å². The first-order valence-corrected chi connectivity index (χ1v) is 6.52. The molecule has 0 radical (unpaired) electrons. The normalized spacial score (nSPS) is 9.55. The third-order valence-corrected chi connectivity index (χ3v) is 3.05. The van der Waals surface area contributed by atoms with Crippen LogP contribution in [-0.2, 0) is 0 Å². The highest BCUT2D eigenvalue weighted by molar-refractivity contribution is 5.97. The summed E-state index contributed by atoms with van der Waals surface area (Å²) in [4.78, 5) is 1.80. The third kappa shape index (κ3) is 3.27. The molecule has 20 heavy (non-hydrogen) atoms. The van der Waals surface area contributed by atoms with Gasteiger partial charge in [0.1, 0.15) is 5.84 Å². The highest BCUT2D eigenvalue weighted by Crippen LogP contribution is 2.12. The van der Waals surface area contributed by atoms with Crippen LogP contribution in [0.5, 0.6) is 0 Å². The van der Waals surface area contributed by atoms with Gasteiger partial charge in [-0.2, -0.15) is 0 Å². The van der Waals surface area contributed by atoms with E-state index in [-0.39, 0.29) is 0 Å². The van der Waals surface area contributed by atoms with Crippen LogP contribution in [0.1, 0.15) is 22.3 Å². The third-order valence-electron chi connectivity index (χ3n) is 3.05. The van der Waals surface area contributed by atoms with Gasteiger partial charge >= 0.3 is 0 Å². The zero-order valence-corrected chi connectivity index (χ0v) is 12.1. The van der Waals surface area contributed by atoms with Crippen molar-refractivity contribution < 1.29 is 0 Å². The summed E-state index contributed by atoms with van der Waals surface area (Å²) in [6.45, 7) is 2.01. The number of rotatable bonds is 1. The Morgan fingerprint density at radius 1 is 0.950 bits per heavy atom. The first-order chi connectivity index (χ1) is 9.58. The molecule has 0 saturated carbocycles. The van der Waals surface area contributed by atoms with E-state index < -0.39 is 0 Å². The average Bonchev–Trinajstić information content (AvgIpc) is 2.45. The Bertz CT molecular complexity index is 674. The Morgan fingerprint density at radius 2 is 1.60 bits per heavy atom. The Morgan fingerprint density at radius 3 is 2.20 bits per heavy atom. The Hall–Kier alpha value is -2.53. The standard InChI is InChI=1S/C18H18N2/c1-14-13-16(10-9-15-7-5-4-6-8-15)11-12-17(14)18(19)20(2)3/h4-8,11-13,19H,1-3H3. The fourth-order valence-corrected chi connectivity index (χ4v) is 1.91. The molecule has 0 heterocycles. The van der Waals surface area contributed by atoms with Crippen LogP contribution >= 0.6 is 0 Å². The van der Waals surface area contributed by atoms with Crippen LogP contribution in [0.2, 0.25) is 0 Å². The van der Waals surface area contributed by atoms with Gasteiger partial charge in [0.25, 0.3) is 0 Å². The molecule has 1 N–H and O–H groups in total. The van der Waals surface area contributed by atoms with Crippen molar-refractivity contribution in [2.24, 2.45) is 0 Å². The topological polar surface area (TPSA) is 27.1 Å². The van der Waals surface area contributed by atoms with E-state index in [9.17, 15) is 0 Å². The van der Waals surface area contributed by atoms with Crippen LogP contribution in [0.25, 0.3) is 0 Å². The number of aryl methyl sites for hydroxylation is 1. The summed E-state index contributed by atoms with van der Waals surface area (Å²) in [6.07, 6.45) is 0. The number of hydrogen-bond donors (Lipinski definition) is 1.